The molecule has 20 heavy (non-hydrogen) atoms. The summed E-state index contributed by atoms with van der Waals surface area (Å²) in [7, 11) is 0. The third kappa shape index (κ3) is 2.85. The third-order valence-electron chi connectivity index (χ3n) is 4.00. The van der Waals surface area contributed by atoms with Gasteiger partial charge in [-0.15, -0.1) is 0 Å². The zero-order valence-corrected chi connectivity index (χ0v) is 12.7. The van der Waals surface area contributed by atoms with Gasteiger partial charge in [0, 0.05) is 16.1 Å². The van der Waals surface area contributed by atoms with Crippen molar-refractivity contribution in [3.8, 4) is 0 Å². The first-order chi connectivity index (χ1) is 9.63. The summed E-state index contributed by atoms with van der Waals surface area (Å²) in [6.07, 6.45) is 4.34. The molecule has 1 atom stereocenters. The van der Waals surface area contributed by atoms with Gasteiger partial charge in [-0.3, -0.25) is 0 Å². The molecule has 0 aromatic heterocycles. The van der Waals surface area contributed by atoms with Crippen LogP contribution in [0.2, 0.25) is 10.0 Å². The van der Waals surface area contributed by atoms with E-state index in [-0.39, 0.29) is 6.04 Å². The van der Waals surface area contributed by atoms with E-state index in [0.29, 0.717) is 11.4 Å². The molecule has 3 heteroatoms. The number of hydrogen-bond donors (Lipinski definition) is 1. The Morgan fingerprint density at radius 2 is 1.80 bits per heavy atom. The van der Waals surface area contributed by atoms with Crippen molar-refractivity contribution >= 4 is 23.2 Å². The number of halogens is 2. The Morgan fingerprint density at radius 3 is 2.65 bits per heavy atom. The van der Waals surface area contributed by atoms with E-state index < -0.39 is 0 Å². The second-order valence-corrected chi connectivity index (χ2v) is 6.27. The monoisotopic (exact) mass is 305 g/mol. The van der Waals surface area contributed by atoms with Crippen molar-refractivity contribution in [3.63, 3.8) is 0 Å². The maximum absolute atomic E-state index is 6.34. The molecular weight excluding hydrogens is 289 g/mol. The molecule has 0 saturated heterocycles. The van der Waals surface area contributed by atoms with Crippen LogP contribution in [0.5, 0.6) is 0 Å². The molecule has 0 amide bonds. The number of fused-ring (bicyclic) bond motifs is 1. The minimum absolute atomic E-state index is 0.0446. The molecule has 2 aromatic rings. The fourth-order valence-electron chi connectivity index (χ4n) is 2.88. The van der Waals surface area contributed by atoms with Crippen molar-refractivity contribution in [3.05, 3.63) is 68.7 Å². The molecule has 2 aromatic carbocycles. The van der Waals surface area contributed by atoms with Crippen LogP contribution < -0.4 is 5.73 Å². The lowest BCUT2D eigenvalue weighted by molar-refractivity contribution is 0.721. The minimum atomic E-state index is -0.0446. The average Bonchev–Trinajstić information content (AvgIpc) is 2.90. The van der Waals surface area contributed by atoms with Gasteiger partial charge in [-0.05, 0) is 66.1 Å². The predicted octanol–water partition coefficient (Wildman–Crippen LogP) is 4.72. The molecular formula is C17H17Cl2N. The molecule has 0 saturated carbocycles. The van der Waals surface area contributed by atoms with Crippen LogP contribution in [0.25, 0.3) is 0 Å². The molecule has 2 N–H and O–H groups in total. The topological polar surface area (TPSA) is 26.0 Å². The molecule has 104 valence electrons. The fraction of sp³-hybridized carbons (Fsp3) is 0.294. The van der Waals surface area contributed by atoms with Gasteiger partial charge in [0.2, 0.25) is 0 Å². The summed E-state index contributed by atoms with van der Waals surface area (Å²) in [6, 6.07) is 12.1. The summed E-state index contributed by atoms with van der Waals surface area (Å²) >= 11 is 12.2. The summed E-state index contributed by atoms with van der Waals surface area (Å²) in [6.45, 7) is 0. The summed E-state index contributed by atoms with van der Waals surface area (Å²) in [5.74, 6) is 0. The molecule has 3 rings (SSSR count). The van der Waals surface area contributed by atoms with Crippen LogP contribution in [-0.2, 0) is 19.3 Å². The Balaban J connectivity index is 1.82. The summed E-state index contributed by atoms with van der Waals surface area (Å²) in [4.78, 5) is 0. The SMILES string of the molecule is NC(Cc1cc(Cl)ccc1Cl)c1ccc2c(c1)CCC2. The number of benzene rings is 2. The quantitative estimate of drug-likeness (QED) is 0.872. The van der Waals surface area contributed by atoms with Crippen molar-refractivity contribution in [2.75, 3.05) is 0 Å². The van der Waals surface area contributed by atoms with Crippen molar-refractivity contribution in [1.82, 2.24) is 0 Å². The second-order valence-electron chi connectivity index (χ2n) is 5.43. The van der Waals surface area contributed by atoms with Crippen molar-refractivity contribution < 1.29 is 0 Å². The second kappa shape index (κ2) is 5.77. The summed E-state index contributed by atoms with van der Waals surface area (Å²) in [5, 5.41) is 1.43. The van der Waals surface area contributed by atoms with Crippen LogP contribution in [0, 0.1) is 0 Å². The van der Waals surface area contributed by atoms with Crippen LogP contribution in [-0.4, -0.2) is 0 Å². The normalized spacial score (nSPS) is 15.2. The first-order valence-corrected chi connectivity index (χ1v) is 7.70. The lowest BCUT2D eigenvalue weighted by Gasteiger charge is -2.15. The Morgan fingerprint density at radius 1 is 1.00 bits per heavy atom. The van der Waals surface area contributed by atoms with E-state index in [4.69, 9.17) is 28.9 Å². The number of nitrogens with two attached hydrogens (primary N) is 1. The molecule has 1 aliphatic carbocycles. The molecule has 0 aliphatic heterocycles. The summed E-state index contributed by atoms with van der Waals surface area (Å²) < 4.78 is 0. The van der Waals surface area contributed by atoms with Gasteiger partial charge in [0.25, 0.3) is 0 Å². The standard InChI is InChI=1S/C17H17Cl2N/c18-15-6-7-16(19)14(9-15)10-17(20)13-5-4-11-2-1-3-12(11)8-13/h4-9,17H,1-3,10,20H2. The summed E-state index contributed by atoms with van der Waals surface area (Å²) in [5.41, 5.74) is 11.5. The lowest BCUT2D eigenvalue weighted by atomic mass is 9.96. The van der Waals surface area contributed by atoms with Crippen molar-refractivity contribution in [2.45, 2.75) is 31.7 Å². The van der Waals surface area contributed by atoms with Gasteiger partial charge in [0.1, 0.15) is 0 Å². The number of aryl methyl sites for hydroxylation is 2. The van der Waals surface area contributed by atoms with Crippen LogP contribution in [0.4, 0.5) is 0 Å². The zero-order chi connectivity index (χ0) is 14.1. The molecule has 0 radical (unpaired) electrons. The van der Waals surface area contributed by atoms with E-state index >= 15 is 0 Å². The van der Waals surface area contributed by atoms with Gasteiger partial charge in [-0.25, -0.2) is 0 Å². The van der Waals surface area contributed by atoms with E-state index in [2.05, 4.69) is 18.2 Å². The van der Waals surface area contributed by atoms with Crippen LogP contribution >= 0.6 is 23.2 Å². The fourth-order valence-corrected chi connectivity index (χ4v) is 3.27. The van der Waals surface area contributed by atoms with Gasteiger partial charge < -0.3 is 5.73 Å². The maximum atomic E-state index is 6.34. The average molecular weight is 306 g/mol. The Hall–Kier alpha value is -1.02. The predicted molar refractivity (Wildman–Crippen MR) is 85.6 cm³/mol. The van der Waals surface area contributed by atoms with E-state index in [1.165, 1.54) is 36.0 Å². The van der Waals surface area contributed by atoms with E-state index in [9.17, 15) is 0 Å². The Bertz CT molecular complexity index is 637. The highest BCUT2D eigenvalue weighted by atomic mass is 35.5. The molecule has 0 spiro atoms. The van der Waals surface area contributed by atoms with Gasteiger partial charge in [-0.2, -0.15) is 0 Å². The molecule has 0 bridgehead atoms. The van der Waals surface area contributed by atoms with Crippen molar-refractivity contribution in [2.24, 2.45) is 5.73 Å². The lowest BCUT2D eigenvalue weighted by Crippen LogP contribution is -2.14. The first kappa shape index (κ1) is 13.9. The molecule has 1 nitrogen and oxygen atoms in total. The Labute approximate surface area is 129 Å². The van der Waals surface area contributed by atoms with E-state index in [0.717, 1.165) is 10.6 Å². The van der Waals surface area contributed by atoms with Gasteiger partial charge in [0.05, 0.1) is 0 Å². The number of rotatable bonds is 3. The number of hydrogen-bond acceptors (Lipinski definition) is 1. The molecule has 1 aliphatic rings. The Kier molecular flexibility index (Phi) is 4.02. The van der Waals surface area contributed by atoms with E-state index in [1.54, 1.807) is 6.07 Å². The maximum Gasteiger partial charge on any atom is 0.0439 e. The van der Waals surface area contributed by atoms with Gasteiger partial charge in [-0.1, -0.05) is 41.4 Å². The highest BCUT2D eigenvalue weighted by molar-refractivity contribution is 6.33. The zero-order valence-electron chi connectivity index (χ0n) is 11.2. The van der Waals surface area contributed by atoms with Gasteiger partial charge >= 0.3 is 0 Å². The van der Waals surface area contributed by atoms with Crippen LogP contribution in [0.15, 0.2) is 36.4 Å². The van der Waals surface area contributed by atoms with Crippen LogP contribution in [0.3, 0.4) is 0 Å². The molecule has 0 heterocycles. The minimum Gasteiger partial charge on any atom is -0.324 e. The molecule has 0 fully saturated rings. The van der Waals surface area contributed by atoms with Gasteiger partial charge in [0.15, 0.2) is 0 Å². The first-order valence-electron chi connectivity index (χ1n) is 6.94. The van der Waals surface area contributed by atoms with Crippen LogP contribution in [0.1, 0.15) is 34.7 Å². The van der Waals surface area contributed by atoms with E-state index in [1.807, 2.05) is 12.1 Å². The largest absolute Gasteiger partial charge is 0.324 e. The highest BCUT2D eigenvalue weighted by Crippen LogP contribution is 2.28. The smallest absolute Gasteiger partial charge is 0.0439 e. The third-order valence-corrected chi connectivity index (χ3v) is 4.60. The molecule has 1 unspecified atom stereocenters. The van der Waals surface area contributed by atoms with Crippen molar-refractivity contribution in [1.29, 1.82) is 0 Å². The highest BCUT2D eigenvalue weighted by Gasteiger charge is 2.15.